The molecule has 1 fully saturated rings. The molecule has 1 aliphatic carbocycles. The maximum absolute atomic E-state index is 2.40. The molecule has 1 aliphatic rings. The highest BCUT2D eigenvalue weighted by molar-refractivity contribution is 4.71. The van der Waals surface area contributed by atoms with Gasteiger partial charge >= 0.3 is 0 Å². The van der Waals surface area contributed by atoms with Crippen molar-refractivity contribution in [2.75, 3.05) is 0 Å². The van der Waals surface area contributed by atoms with Crippen LogP contribution in [-0.4, -0.2) is 0 Å². The number of hydrogen-bond acceptors (Lipinski definition) is 0. The van der Waals surface area contributed by atoms with Crippen LogP contribution >= 0.6 is 0 Å². The van der Waals surface area contributed by atoms with Gasteiger partial charge in [-0.05, 0) is 11.8 Å². The molecule has 0 heteroatoms. The van der Waals surface area contributed by atoms with Crippen LogP contribution in [0.25, 0.3) is 0 Å². The zero-order valence-corrected chi connectivity index (χ0v) is 9.40. The second kappa shape index (κ2) is 7.64. The molecule has 1 saturated carbocycles. The highest BCUT2D eigenvalue weighted by atomic mass is 14.2. The van der Waals surface area contributed by atoms with E-state index in [1.165, 1.54) is 38.5 Å². The van der Waals surface area contributed by atoms with Gasteiger partial charge in [0, 0.05) is 0 Å². The molecule has 1 unspecified atom stereocenters. The quantitative estimate of drug-likeness (QED) is 0.566. The van der Waals surface area contributed by atoms with Crippen molar-refractivity contribution in [3.8, 4) is 0 Å². The molecule has 74 valence electrons. The van der Waals surface area contributed by atoms with Gasteiger partial charge in [0.1, 0.15) is 0 Å². The summed E-state index contributed by atoms with van der Waals surface area (Å²) in [5.74, 6) is 2.07. The lowest BCUT2D eigenvalue weighted by Crippen LogP contribution is -2.05. The van der Waals surface area contributed by atoms with Crippen molar-refractivity contribution in [3.63, 3.8) is 0 Å². The molecule has 0 nitrogen and oxygen atoms in total. The van der Waals surface area contributed by atoms with Gasteiger partial charge in [0.05, 0.1) is 0 Å². The van der Waals surface area contributed by atoms with Gasteiger partial charge in [0.15, 0.2) is 0 Å². The Morgan fingerprint density at radius 2 is 1.50 bits per heavy atom. The standard InChI is InChI=1S/C9H18.C3H8/c1-3-8(2)9-6-4-5-7-9;1-3-2/h8-9H,3-7H2,1-2H3;3H2,1-2H3. The Morgan fingerprint density at radius 3 is 1.83 bits per heavy atom. The molecule has 1 rings (SSSR count). The summed E-state index contributed by atoms with van der Waals surface area (Å²) in [6.07, 6.45) is 8.64. The summed E-state index contributed by atoms with van der Waals surface area (Å²) >= 11 is 0. The van der Waals surface area contributed by atoms with Crippen molar-refractivity contribution < 1.29 is 0 Å². The minimum atomic E-state index is 0.993. The fourth-order valence-corrected chi connectivity index (χ4v) is 1.86. The van der Waals surface area contributed by atoms with Crippen molar-refractivity contribution >= 4 is 0 Å². The van der Waals surface area contributed by atoms with Crippen LogP contribution in [0.3, 0.4) is 0 Å². The van der Waals surface area contributed by atoms with Crippen LogP contribution in [0.15, 0.2) is 0 Å². The van der Waals surface area contributed by atoms with Crippen molar-refractivity contribution in [2.24, 2.45) is 11.8 Å². The monoisotopic (exact) mass is 170 g/mol. The molecule has 1 atom stereocenters. The van der Waals surface area contributed by atoms with Gasteiger partial charge in [0.25, 0.3) is 0 Å². The van der Waals surface area contributed by atoms with Gasteiger partial charge in [-0.3, -0.25) is 0 Å². The summed E-state index contributed by atoms with van der Waals surface area (Å²) in [5.41, 5.74) is 0. The first-order valence-electron chi connectivity index (χ1n) is 5.76. The second-order valence-corrected chi connectivity index (χ2v) is 4.14. The normalized spacial score (nSPS) is 20.0. The van der Waals surface area contributed by atoms with E-state index in [0.717, 1.165) is 11.8 Å². The first kappa shape index (κ1) is 12.0. The van der Waals surface area contributed by atoms with Crippen LogP contribution in [0.5, 0.6) is 0 Å². The lowest BCUT2D eigenvalue weighted by Gasteiger charge is -2.15. The Balaban J connectivity index is 0.000000354. The Hall–Kier alpha value is 0. The third-order valence-electron chi connectivity index (χ3n) is 2.85. The fraction of sp³-hybridized carbons (Fsp3) is 1.00. The predicted molar refractivity (Wildman–Crippen MR) is 57.4 cm³/mol. The topological polar surface area (TPSA) is 0 Å². The Labute approximate surface area is 78.8 Å². The Kier molecular flexibility index (Phi) is 7.64. The minimum absolute atomic E-state index is 0.993. The summed E-state index contributed by atoms with van der Waals surface area (Å²) in [4.78, 5) is 0. The zero-order chi connectivity index (χ0) is 9.40. The largest absolute Gasteiger partial charge is 0.0656 e. The van der Waals surface area contributed by atoms with E-state index < -0.39 is 0 Å². The van der Waals surface area contributed by atoms with Crippen molar-refractivity contribution in [2.45, 2.75) is 66.2 Å². The predicted octanol–water partition coefficient (Wildman–Crippen LogP) is 4.64. The smallest absolute Gasteiger partial charge is 0.0389 e. The van der Waals surface area contributed by atoms with E-state index >= 15 is 0 Å². The molecule has 0 aromatic heterocycles. The molecule has 0 aromatic carbocycles. The number of rotatable bonds is 2. The average Bonchev–Trinajstić information content (AvgIpc) is 2.56. The Bertz CT molecular complexity index is 80.0. The minimum Gasteiger partial charge on any atom is -0.0656 e. The van der Waals surface area contributed by atoms with Crippen molar-refractivity contribution in [3.05, 3.63) is 0 Å². The van der Waals surface area contributed by atoms with Gasteiger partial charge in [-0.15, -0.1) is 0 Å². The first-order valence-corrected chi connectivity index (χ1v) is 5.76. The van der Waals surface area contributed by atoms with E-state index in [1.807, 2.05) is 0 Å². The summed E-state index contributed by atoms with van der Waals surface area (Å²) < 4.78 is 0. The average molecular weight is 170 g/mol. The van der Waals surface area contributed by atoms with Crippen LogP contribution in [0.1, 0.15) is 66.2 Å². The molecular formula is C12H26. The van der Waals surface area contributed by atoms with E-state index in [-0.39, 0.29) is 0 Å². The zero-order valence-electron chi connectivity index (χ0n) is 9.40. The molecule has 0 spiro atoms. The van der Waals surface area contributed by atoms with Gasteiger partial charge in [-0.2, -0.15) is 0 Å². The van der Waals surface area contributed by atoms with E-state index in [9.17, 15) is 0 Å². The molecular weight excluding hydrogens is 144 g/mol. The summed E-state index contributed by atoms with van der Waals surface area (Å²) in [5, 5.41) is 0. The van der Waals surface area contributed by atoms with E-state index in [2.05, 4.69) is 27.7 Å². The highest BCUT2D eigenvalue weighted by Gasteiger charge is 2.19. The summed E-state index contributed by atoms with van der Waals surface area (Å²) in [7, 11) is 0. The van der Waals surface area contributed by atoms with Crippen LogP contribution < -0.4 is 0 Å². The third-order valence-corrected chi connectivity index (χ3v) is 2.85. The molecule has 0 saturated heterocycles. The fourth-order valence-electron chi connectivity index (χ4n) is 1.86. The van der Waals surface area contributed by atoms with Crippen LogP contribution in [0.2, 0.25) is 0 Å². The van der Waals surface area contributed by atoms with Crippen molar-refractivity contribution in [1.82, 2.24) is 0 Å². The van der Waals surface area contributed by atoms with Gasteiger partial charge in [-0.25, -0.2) is 0 Å². The molecule has 0 radical (unpaired) electrons. The molecule has 0 heterocycles. The maximum atomic E-state index is 2.40. The number of hydrogen-bond donors (Lipinski definition) is 0. The first-order chi connectivity index (χ1) is 5.76. The van der Waals surface area contributed by atoms with Gasteiger partial charge in [-0.1, -0.05) is 66.2 Å². The maximum Gasteiger partial charge on any atom is -0.0389 e. The summed E-state index contributed by atoms with van der Waals surface area (Å²) in [6, 6.07) is 0. The lowest BCUT2D eigenvalue weighted by molar-refractivity contribution is 0.357. The van der Waals surface area contributed by atoms with E-state index in [0.29, 0.717) is 0 Å². The highest BCUT2D eigenvalue weighted by Crippen LogP contribution is 2.32. The van der Waals surface area contributed by atoms with E-state index in [1.54, 1.807) is 0 Å². The summed E-state index contributed by atoms with van der Waals surface area (Å²) in [6.45, 7) is 8.96. The Morgan fingerprint density at radius 1 is 1.08 bits per heavy atom. The molecule has 12 heavy (non-hydrogen) atoms. The molecule has 0 aliphatic heterocycles. The third kappa shape index (κ3) is 4.79. The molecule has 0 amide bonds. The SMILES string of the molecule is CCC.CCC(C)C1CCCC1. The van der Waals surface area contributed by atoms with Crippen LogP contribution in [0.4, 0.5) is 0 Å². The van der Waals surface area contributed by atoms with Crippen molar-refractivity contribution in [1.29, 1.82) is 0 Å². The van der Waals surface area contributed by atoms with Gasteiger partial charge < -0.3 is 0 Å². The van der Waals surface area contributed by atoms with Gasteiger partial charge in [0.2, 0.25) is 0 Å². The van der Waals surface area contributed by atoms with Crippen LogP contribution in [0, 0.1) is 11.8 Å². The van der Waals surface area contributed by atoms with Crippen LogP contribution in [-0.2, 0) is 0 Å². The lowest BCUT2D eigenvalue weighted by atomic mass is 9.91. The molecule has 0 bridgehead atoms. The molecule has 0 aromatic rings. The van der Waals surface area contributed by atoms with E-state index in [4.69, 9.17) is 0 Å². The second-order valence-electron chi connectivity index (χ2n) is 4.14. The molecule has 0 N–H and O–H groups in total.